The van der Waals surface area contributed by atoms with Gasteiger partial charge >= 0.3 is 0 Å². The van der Waals surface area contributed by atoms with E-state index >= 15 is 0 Å². The van der Waals surface area contributed by atoms with Gasteiger partial charge in [0.15, 0.2) is 0 Å². The van der Waals surface area contributed by atoms with Gasteiger partial charge in [0.05, 0.1) is 17.0 Å². The zero-order valence-corrected chi connectivity index (χ0v) is 19.6. The Morgan fingerprint density at radius 1 is 1.07 bits per heavy atom. The molecule has 0 heterocycles. The third-order valence-corrected chi connectivity index (χ3v) is 6.85. The van der Waals surface area contributed by atoms with Crippen LogP contribution in [0.1, 0.15) is 12.8 Å². The average molecular weight is 496 g/mol. The van der Waals surface area contributed by atoms with E-state index < -0.39 is 10.0 Å². The average Bonchev–Trinajstić information content (AvgIpc) is 2.65. The van der Waals surface area contributed by atoms with Crippen molar-refractivity contribution in [1.82, 2.24) is 5.32 Å². The molecule has 0 saturated carbocycles. The fourth-order valence-corrected chi connectivity index (χ4v) is 4.80. The smallest absolute Gasteiger partial charge is 0.232 e. The summed E-state index contributed by atoms with van der Waals surface area (Å²) < 4.78 is 25.5. The molecule has 2 rings (SSSR count). The van der Waals surface area contributed by atoms with Gasteiger partial charge in [0.1, 0.15) is 0 Å². The first-order valence-electron chi connectivity index (χ1n) is 8.74. The molecule has 0 fully saturated rings. The van der Waals surface area contributed by atoms with Crippen LogP contribution < -0.4 is 9.62 Å². The summed E-state index contributed by atoms with van der Waals surface area (Å²) in [4.78, 5) is 13.1. The van der Waals surface area contributed by atoms with Gasteiger partial charge in [0.2, 0.25) is 15.9 Å². The van der Waals surface area contributed by atoms with Gasteiger partial charge in [-0.15, -0.1) is 11.8 Å². The van der Waals surface area contributed by atoms with Gasteiger partial charge in [-0.3, -0.25) is 9.10 Å². The van der Waals surface area contributed by atoms with E-state index in [1.54, 1.807) is 23.9 Å². The zero-order valence-electron chi connectivity index (χ0n) is 15.7. The number of rotatable bonds is 10. The van der Waals surface area contributed by atoms with Gasteiger partial charge in [-0.1, -0.05) is 34.8 Å². The standard InChI is InChI=1S/C19H21Cl3N2O3S2/c1-29(26,27)24(18-13-15(21)6-9-17(18)22)11-2-3-19(25)23-10-12-28-16-7-4-14(20)5-8-16/h4-9,13H,2-3,10-12H2,1H3,(H,23,25). The summed E-state index contributed by atoms with van der Waals surface area (Å²) in [6.45, 7) is 0.647. The number of nitrogens with zero attached hydrogens (tertiary/aromatic N) is 1. The molecular weight excluding hydrogens is 475 g/mol. The Labute approximate surface area is 190 Å². The summed E-state index contributed by atoms with van der Waals surface area (Å²) in [5.74, 6) is 0.591. The maximum absolute atomic E-state index is 12.2. The number of benzene rings is 2. The fraction of sp³-hybridized carbons (Fsp3) is 0.316. The van der Waals surface area contributed by atoms with Crippen molar-refractivity contribution >= 4 is 68.2 Å². The minimum absolute atomic E-state index is 0.131. The molecule has 0 radical (unpaired) electrons. The summed E-state index contributed by atoms with van der Waals surface area (Å²) >= 11 is 19.6. The van der Waals surface area contributed by atoms with Crippen molar-refractivity contribution in [1.29, 1.82) is 0 Å². The van der Waals surface area contributed by atoms with Crippen LogP contribution in [0.15, 0.2) is 47.4 Å². The van der Waals surface area contributed by atoms with E-state index in [0.29, 0.717) is 28.7 Å². The Balaban J connectivity index is 1.79. The molecule has 0 atom stereocenters. The summed E-state index contributed by atoms with van der Waals surface area (Å²) in [5.41, 5.74) is 0.307. The normalized spacial score (nSPS) is 11.3. The molecule has 2 aromatic rings. The highest BCUT2D eigenvalue weighted by molar-refractivity contribution is 7.99. The second-order valence-electron chi connectivity index (χ2n) is 6.19. The van der Waals surface area contributed by atoms with Crippen LogP contribution in [0.3, 0.4) is 0 Å². The van der Waals surface area contributed by atoms with Crippen molar-refractivity contribution in [2.75, 3.05) is 29.4 Å². The highest BCUT2D eigenvalue weighted by atomic mass is 35.5. The van der Waals surface area contributed by atoms with E-state index in [2.05, 4.69) is 5.32 Å². The number of halogens is 3. The SMILES string of the molecule is CS(=O)(=O)N(CCCC(=O)NCCSc1ccc(Cl)cc1)c1cc(Cl)ccc1Cl. The molecule has 1 amide bonds. The molecule has 0 saturated heterocycles. The van der Waals surface area contributed by atoms with E-state index in [1.807, 2.05) is 24.3 Å². The molecule has 0 aromatic heterocycles. The quantitative estimate of drug-likeness (QED) is 0.368. The largest absolute Gasteiger partial charge is 0.355 e. The van der Waals surface area contributed by atoms with Crippen molar-refractivity contribution in [2.45, 2.75) is 17.7 Å². The number of carbonyl (C=O) groups excluding carboxylic acids is 1. The molecule has 5 nitrogen and oxygen atoms in total. The Hall–Kier alpha value is -1.12. The van der Waals surface area contributed by atoms with Crippen molar-refractivity contribution < 1.29 is 13.2 Å². The van der Waals surface area contributed by atoms with Crippen molar-refractivity contribution in [3.05, 3.63) is 57.5 Å². The van der Waals surface area contributed by atoms with Crippen molar-refractivity contribution in [2.24, 2.45) is 0 Å². The zero-order chi connectivity index (χ0) is 21.4. The predicted octanol–water partition coefficient (Wildman–Crippen LogP) is 5.10. The second-order valence-corrected chi connectivity index (χ2v) is 10.5. The number of sulfonamides is 1. The Morgan fingerprint density at radius 3 is 2.38 bits per heavy atom. The van der Waals surface area contributed by atoms with Crippen molar-refractivity contribution in [3.63, 3.8) is 0 Å². The highest BCUT2D eigenvalue weighted by Crippen LogP contribution is 2.30. The molecule has 10 heteroatoms. The van der Waals surface area contributed by atoms with Crippen LogP contribution in [0, 0.1) is 0 Å². The van der Waals surface area contributed by atoms with Gasteiger partial charge in [-0.25, -0.2) is 8.42 Å². The maximum atomic E-state index is 12.2. The highest BCUT2D eigenvalue weighted by Gasteiger charge is 2.20. The van der Waals surface area contributed by atoms with Crippen LogP contribution >= 0.6 is 46.6 Å². The van der Waals surface area contributed by atoms with Crippen LogP contribution in [0.5, 0.6) is 0 Å². The Kier molecular flexibility index (Phi) is 9.43. The first-order valence-corrected chi connectivity index (χ1v) is 12.7. The molecule has 0 spiro atoms. The number of amides is 1. The summed E-state index contributed by atoms with van der Waals surface area (Å²) in [6, 6.07) is 12.1. The first-order chi connectivity index (χ1) is 13.7. The van der Waals surface area contributed by atoms with Crippen LogP contribution in [0.4, 0.5) is 5.69 Å². The summed E-state index contributed by atoms with van der Waals surface area (Å²) in [7, 11) is -3.56. The minimum Gasteiger partial charge on any atom is -0.355 e. The number of hydrogen-bond acceptors (Lipinski definition) is 4. The molecule has 0 aliphatic carbocycles. The summed E-state index contributed by atoms with van der Waals surface area (Å²) in [6.07, 6.45) is 1.65. The number of nitrogens with one attached hydrogen (secondary N) is 1. The lowest BCUT2D eigenvalue weighted by Gasteiger charge is -2.23. The first kappa shape index (κ1) is 24.2. The fourth-order valence-electron chi connectivity index (χ4n) is 2.50. The van der Waals surface area contributed by atoms with E-state index in [-0.39, 0.29) is 23.9 Å². The predicted molar refractivity (Wildman–Crippen MR) is 123 cm³/mol. The van der Waals surface area contributed by atoms with Gasteiger partial charge < -0.3 is 5.32 Å². The molecule has 0 unspecified atom stereocenters. The number of carbonyl (C=O) groups is 1. The third-order valence-electron chi connectivity index (χ3n) is 3.85. The number of thioether (sulfide) groups is 1. The second kappa shape index (κ2) is 11.3. The molecule has 158 valence electrons. The monoisotopic (exact) mass is 494 g/mol. The number of hydrogen-bond donors (Lipinski definition) is 1. The summed E-state index contributed by atoms with van der Waals surface area (Å²) in [5, 5.41) is 4.19. The molecule has 2 aromatic carbocycles. The van der Waals surface area contributed by atoms with Crippen LogP contribution in [0.25, 0.3) is 0 Å². The van der Waals surface area contributed by atoms with Crippen molar-refractivity contribution in [3.8, 4) is 0 Å². The molecule has 0 bridgehead atoms. The molecule has 29 heavy (non-hydrogen) atoms. The lowest BCUT2D eigenvalue weighted by atomic mass is 10.2. The lowest BCUT2D eigenvalue weighted by molar-refractivity contribution is -0.121. The van der Waals surface area contributed by atoms with Crippen LogP contribution in [-0.4, -0.2) is 39.4 Å². The lowest BCUT2D eigenvalue weighted by Crippen LogP contribution is -2.32. The Bertz CT molecular complexity index is 938. The van der Waals surface area contributed by atoms with E-state index in [4.69, 9.17) is 34.8 Å². The number of anilines is 1. The van der Waals surface area contributed by atoms with Crippen LogP contribution in [0.2, 0.25) is 15.1 Å². The molecule has 0 aliphatic heterocycles. The van der Waals surface area contributed by atoms with Crippen LogP contribution in [-0.2, 0) is 14.8 Å². The topological polar surface area (TPSA) is 66.5 Å². The van der Waals surface area contributed by atoms with E-state index in [1.165, 1.54) is 10.4 Å². The van der Waals surface area contributed by atoms with Gasteiger partial charge in [0.25, 0.3) is 0 Å². The molecule has 0 aliphatic rings. The maximum Gasteiger partial charge on any atom is 0.232 e. The van der Waals surface area contributed by atoms with Gasteiger partial charge in [0, 0.05) is 40.2 Å². The van der Waals surface area contributed by atoms with E-state index in [0.717, 1.165) is 16.9 Å². The third kappa shape index (κ3) is 8.26. The van der Waals surface area contributed by atoms with E-state index in [9.17, 15) is 13.2 Å². The Morgan fingerprint density at radius 2 is 1.72 bits per heavy atom. The van der Waals surface area contributed by atoms with Gasteiger partial charge in [-0.2, -0.15) is 0 Å². The molecular formula is C19H21Cl3N2O3S2. The minimum atomic E-state index is -3.56. The molecule has 1 N–H and O–H groups in total. The van der Waals surface area contributed by atoms with Gasteiger partial charge in [-0.05, 0) is 48.9 Å².